The van der Waals surface area contributed by atoms with Gasteiger partial charge in [-0.2, -0.15) is 5.10 Å². The van der Waals surface area contributed by atoms with Crippen LogP contribution in [0.2, 0.25) is 0 Å². The number of aryl methyl sites for hydroxylation is 3. The molecular weight excluding hydrogens is 222 g/mol. The van der Waals surface area contributed by atoms with Crippen molar-refractivity contribution in [2.24, 2.45) is 0 Å². The van der Waals surface area contributed by atoms with Crippen LogP contribution in [0.4, 0.5) is 0 Å². The fourth-order valence-corrected chi connectivity index (χ4v) is 2.23. The Balaban J connectivity index is 2.25. The van der Waals surface area contributed by atoms with Gasteiger partial charge in [0.2, 0.25) is 0 Å². The third kappa shape index (κ3) is 2.79. The molecule has 0 fully saturated rings. The van der Waals surface area contributed by atoms with E-state index in [9.17, 15) is 0 Å². The van der Waals surface area contributed by atoms with Crippen LogP contribution >= 0.6 is 0 Å². The van der Waals surface area contributed by atoms with Crippen molar-refractivity contribution >= 4 is 0 Å². The van der Waals surface area contributed by atoms with Gasteiger partial charge in [0.1, 0.15) is 0 Å². The van der Waals surface area contributed by atoms with Crippen LogP contribution in [0.25, 0.3) is 0 Å². The summed E-state index contributed by atoms with van der Waals surface area (Å²) in [6.45, 7) is 7.17. The number of aromatic nitrogens is 2. The van der Waals surface area contributed by atoms with E-state index in [4.69, 9.17) is 0 Å². The Morgan fingerprint density at radius 1 is 1.22 bits per heavy atom. The first-order chi connectivity index (χ1) is 8.60. The van der Waals surface area contributed by atoms with E-state index in [1.54, 1.807) is 0 Å². The van der Waals surface area contributed by atoms with Crippen molar-refractivity contribution in [2.75, 3.05) is 7.05 Å². The second kappa shape index (κ2) is 5.36. The van der Waals surface area contributed by atoms with Gasteiger partial charge in [0.25, 0.3) is 0 Å². The molecule has 2 aromatic rings. The summed E-state index contributed by atoms with van der Waals surface area (Å²) in [5.74, 6) is 0. The van der Waals surface area contributed by atoms with Crippen molar-refractivity contribution in [1.82, 2.24) is 15.1 Å². The van der Waals surface area contributed by atoms with Gasteiger partial charge in [-0.3, -0.25) is 4.68 Å². The maximum atomic E-state index is 4.45. The van der Waals surface area contributed by atoms with Gasteiger partial charge in [-0.05, 0) is 45.0 Å². The Hall–Kier alpha value is -1.61. The van der Waals surface area contributed by atoms with E-state index >= 15 is 0 Å². The predicted molar refractivity (Wildman–Crippen MR) is 74.7 cm³/mol. The van der Waals surface area contributed by atoms with Crippen LogP contribution < -0.4 is 5.32 Å². The van der Waals surface area contributed by atoms with Crippen molar-refractivity contribution in [3.63, 3.8) is 0 Å². The molecule has 0 aliphatic heterocycles. The number of nitrogens with one attached hydrogen (secondary N) is 1. The molecule has 1 heterocycles. The normalized spacial score (nSPS) is 12.7. The summed E-state index contributed by atoms with van der Waals surface area (Å²) in [7, 11) is 2.00. The summed E-state index contributed by atoms with van der Waals surface area (Å²) in [4.78, 5) is 0. The fourth-order valence-electron chi connectivity index (χ4n) is 2.23. The van der Waals surface area contributed by atoms with Crippen LogP contribution in [0.5, 0.6) is 0 Å². The minimum absolute atomic E-state index is 0.296. The highest BCUT2D eigenvalue weighted by Gasteiger charge is 2.13. The summed E-state index contributed by atoms with van der Waals surface area (Å²) in [5.41, 5.74) is 5.03. The molecule has 1 aromatic carbocycles. The highest BCUT2D eigenvalue weighted by atomic mass is 15.3. The average Bonchev–Trinajstić information content (AvgIpc) is 2.75. The highest BCUT2D eigenvalue weighted by molar-refractivity contribution is 5.32. The smallest absolute Gasteiger partial charge is 0.0604 e. The SMILES string of the molecule is CNC(Cn1ccc(C)n1)c1cc(C)ccc1C. The van der Waals surface area contributed by atoms with Crippen LogP contribution in [0, 0.1) is 20.8 Å². The lowest BCUT2D eigenvalue weighted by Crippen LogP contribution is -2.23. The summed E-state index contributed by atoms with van der Waals surface area (Å²) in [5, 5.41) is 7.84. The molecule has 18 heavy (non-hydrogen) atoms. The first-order valence-electron chi connectivity index (χ1n) is 6.34. The van der Waals surface area contributed by atoms with E-state index in [0.717, 1.165) is 12.2 Å². The zero-order chi connectivity index (χ0) is 13.1. The quantitative estimate of drug-likeness (QED) is 0.895. The van der Waals surface area contributed by atoms with Crippen molar-refractivity contribution in [3.05, 3.63) is 52.8 Å². The van der Waals surface area contributed by atoms with E-state index in [1.807, 2.05) is 30.9 Å². The highest BCUT2D eigenvalue weighted by Crippen LogP contribution is 2.20. The molecule has 3 heteroatoms. The maximum absolute atomic E-state index is 4.45. The topological polar surface area (TPSA) is 29.9 Å². The standard InChI is InChI=1S/C15H21N3/c1-11-5-6-12(2)14(9-11)15(16-4)10-18-8-7-13(3)17-18/h5-9,15-16H,10H2,1-4H3. The third-order valence-electron chi connectivity index (χ3n) is 3.30. The Kier molecular flexibility index (Phi) is 3.82. The molecule has 1 N–H and O–H groups in total. The third-order valence-corrected chi connectivity index (χ3v) is 3.30. The number of hydrogen-bond donors (Lipinski definition) is 1. The minimum atomic E-state index is 0.296. The van der Waals surface area contributed by atoms with Gasteiger partial charge in [-0.15, -0.1) is 0 Å². The van der Waals surface area contributed by atoms with E-state index in [1.165, 1.54) is 16.7 Å². The summed E-state index contributed by atoms with van der Waals surface area (Å²) in [6, 6.07) is 8.93. The number of rotatable bonds is 4. The molecule has 0 radical (unpaired) electrons. The number of hydrogen-bond acceptors (Lipinski definition) is 2. The Morgan fingerprint density at radius 3 is 2.61 bits per heavy atom. The molecular formula is C15H21N3. The first-order valence-corrected chi connectivity index (χ1v) is 6.34. The Bertz CT molecular complexity index is 528. The van der Waals surface area contributed by atoms with Crippen molar-refractivity contribution < 1.29 is 0 Å². The molecule has 0 aliphatic carbocycles. The second-order valence-corrected chi connectivity index (χ2v) is 4.88. The van der Waals surface area contributed by atoms with Crippen molar-refractivity contribution in [3.8, 4) is 0 Å². The summed E-state index contributed by atoms with van der Waals surface area (Å²) in [6.07, 6.45) is 2.03. The molecule has 2 rings (SSSR count). The van der Waals surface area contributed by atoms with Gasteiger partial charge in [-0.1, -0.05) is 23.8 Å². The van der Waals surface area contributed by atoms with E-state index in [-0.39, 0.29) is 0 Å². The number of benzene rings is 1. The fraction of sp³-hybridized carbons (Fsp3) is 0.400. The molecule has 3 nitrogen and oxygen atoms in total. The summed E-state index contributed by atoms with van der Waals surface area (Å²) < 4.78 is 2.00. The molecule has 96 valence electrons. The maximum Gasteiger partial charge on any atom is 0.0604 e. The molecule has 0 bridgehead atoms. The van der Waals surface area contributed by atoms with Crippen LogP contribution in [-0.2, 0) is 6.54 Å². The molecule has 0 spiro atoms. The van der Waals surface area contributed by atoms with Crippen LogP contribution in [0.15, 0.2) is 30.5 Å². The Labute approximate surface area is 109 Å². The molecule has 1 unspecified atom stereocenters. The van der Waals surface area contributed by atoms with Gasteiger partial charge in [0.05, 0.1) is 18.3 Å². The average molecular weight is 243 g/mol. The van der Waals surface area contributed by atoms with Gasteiger partial charge >= 0.3 is 0 Å². The molecule has 0 saturated carbocycles. The molecule has 0 saturated heterocycles. The molecule has 1 atom stereocenters. The van der Waals surface area contributed by atoms with Gasteiger partial charge in [-0.25, -0.2) is 0 Å². The zero-order valence-electron chi connectivity index (χ0n) is 11.6. The summed E-state index contributed by atoms with van der Waals surface area (Å²) >= 11 is 0. The number of nitrogens with zero attached hydrogens (tertiary/aromatic N) is 2. The van der Waals surface area contributed by atoms with Crippen LogP contribution in [0.3, 0.4) is 0 Å². The van der Waals surface area contributed by atoms with Gasteiger partial charge < -0.3 is 5.32 Å². The van der Waals surface area contributed by atoms with Crippen LogP contribution in [-0.4, -0.2) is 16.8 Å². The molecule has 1 aromatic heterocycles. The van der Waals surface area contributed by atoms with Gasteiger partial charge in [0.15, 0.2) is 0 Å². The predicted octanol–water partition coefficient (Wildman–Crippen LogP) is 2.77. The first kappa shape index (κ1) is 12.8. The lowest BCUT2D eigenvalue weighted by atomic mass is 9.99. The van der Waals surface area contributed by atoms with Gasteiger partial charge in [0, 0.05) is 6.20 Å². The van der Waals surface area contributed by atoms with Crippen molar-refractivity contribution in [2.45, 2.75) is 33.4 Å². The van der Waals surface area contributed by atoms with E-state index in [2.05, 4.69) is 42.5 Å². The van der Waals surface area contributed by atoms with Crippen molar-refractivity contribution in [1.29, 1.82) is 0 Å². The monoisotopic (exact) mass is 243 g/mol. The molecule has 0 amide bonds. The van der Waals surface area contributed by atoms with E-state index < -0.39 is 0 Å². The zero-order valence-corrected chi connectivity index (χ0v) is 11.6. The van der Waals surface area contributed by atoms with Crippen LogP contribution in [0.1, 0.15) is 28.4 Å². The second-order valence-electron chi connectivity index (χ2n) is 4.88. The minimum Gasteiger partial charge on any atom is -0.311 e. The Morgan fingerprint density at radius 2 is 2.00 bits per heavy atom. The largest absolute Gasteiger partial charge is 0.311 e. The number of likely N-dealkylation sites (N-methyl/N-ethyl adjacent to an activating group) is 1. The lowest BCUT2D eigenvalue weighted by molar-refractivity contribution is 0.465. The van der Waals surface area contributed by atoms with E-state index in [0.29, 0.717) is 6.04 Å². The molecule has 0 aliphatic rings. The lowest BCUT2D eigenvalue weighted by Gasteiger charge is -2.19.